The molecule has 0 fully saturated rings. The first-order chi connectivity index (χ1) is 8.99. The summed E-state index contributed by atoms with van der Waals surface area (Å²) in [5.41, 5.74) is 2.24. The minimum absolute atomic E-state index is 0.147. The Kier molecular flexibility index (Phi) is 3.74. The highest BCUT2D eigenvalue weighted by Gasteiger charge is 2.28. The lowest BCUT2D eigenvalue weighted by atomic mass is 10.1. The van der Waals surface area contributed by atoms with E-state index in [1.54, 1.807) is 18.7 Å². The fourth-order valence-electron chi connectivity index (χ4n) is 2.21. The standard InChI is InChI=1S/C14H18N2O3/c1-9(2)12(13(17)18)15-14(19)16-7-10-5-3-4-6-11(10)8-16/h3-6,9,12H,7-8H2,1-2H3,(H,15,19)(H,17,18). The number of hydrogen-bond acceptors (Lipinski definition) is 2. The van der Waals surface area contributed by atoms with Gasteiger partial charge in [0.1, 0.15) is 6.04 Å². The lowest BCUT2D eigenvalue weighted by molar-refractivity contribution is -0.140. The first kappa shape index (κ1) is 13.4. The van der Waals surface area contributed by atoms with Crippen molar-refractivity contribution in [3.05, 3.63) is 35.4 Å². The maximum Gasteiger partial charge on any atom is 0.326 e. The first-order valence-corrected chi connectivity index (χ1v) is 6.34. The summed E-state index contributed by atoms with van der Waals surface area (Å²) in [6.45, 7) is 4.62. The molecular formula is C14H18N2O3. The molecule has 1 atom stereocenters. The van der Waals surface area contributed by atoms with Gasteiger partial charge >= 0.3 is 12.0 Å². The van der Waals surface area contributed by atoms with Gasteiger partial charge in [0.15, 0.2) is 0 Å². The summed E-state index contributed by atoms with van der Waals surface area (Å²) in [6, 6.07) is 6.68. The number of rotatable bonds is 3. The number of nitrogens with one attached hydrogen (secondary N) is 1. The van der Waals surface area contributed by atoms with Gasteiger partial charge in [-0.05, 0) is 17.0 Å². The molecule has 0 aliphatic carbocycles. The zero-order chi connectivity index (χ0) is 14.0. The van der Waals surface area contributed by atoms with E-state index in [1.807, 2.05) is 24.3 Å². The minimum Gasteiger partial charge on any atom is -0.480 e. The molecule has 1 aliphatic heterocycles. The Morgan fingerprint density at radius 2 is 1.74 bits per heavy atom. The Balaban J connectivity index is 2.01. The molecule has 0 saturated carbocycles. The number of carboxylic acid groups (broad SMARTS) is 1. The summed E-state index contributed by atoms with van der Waals surface area (Å²) in [4.78, 5) is 24.8. The van der Waals surface area contributed by atoms with Crippen molar-refractivity contribution in [3.63, 3.8) is 0 Å². The van der Waals surface area contributed by atoms with Gasteiger partial charge in [-0.25, -0.2) is 9.59 Å². The second-order valence-electron chi connectivity index (χ2n) is 5.13. The Morgan fingerprint density at radius 3 is 2.16 bits per heavy atom. The predicted molar refractivity (Wildman–Crippen MR) is 70.5 cm³/mol. The third-order valence-electron chi connectivity index (χ3n) is 3.34. The van der Waals surface area contributed by atoms with E-state index in [0.29, 0.717) is 13.1 Å². The van der Waals surface area contributed by atoms with Gasteiger partial charge in [-0.15, -0.1) is 0 Å². The van der Waals surface area contributed by atoms with Crippen molar-refractivity contribution >= 4 is 12.0 Å². The van der Waals surface area contributed by atoms with Crippen LogP contribution in [-0.2, 0) is 17.9 Å². The molecule has 1 aromatic rings. The molecule has 0 bridgehead atoms. The molecule has 5 nitrogen and oxygen atoms in total. The van der Waals surface area contributed by atoms with Crippen molar-refractivity contribution in [2.75, 3.05) is 0 Å². The van der Waals surface area contributed by atoms with Crippen LogP contribution in [0, 0.1) is 5.92 Å². The minimum atomic E-state index is -1.000. The van der Waals surface area contributed by atoms with Crippen molar-refractivity contribution in [3.8, 4) is 0 Å². The number of aliphatic carboxylic acids is 1. The Labute approximate surface area is 112 Å². The van der Waals surface area contributed by atoms with Crippen molar-refractivity contribution in [2.24, 2.45) is 5.92 Å². The summed E-state index contributed by atoms with van der Waals surface area (Å²) in [7, 11) is 0. The van der Waals surface area contributed by atoms with Crippen LogP contribution in [0.15, 0.2) is 24.3 Å². The van der Waals surface area contributed by atoms with E-state index in [-0.39, 0.29) is 11.9 Å². The number of urea groups is 1. The van der Waals surface area contributed by atoms with Crippen LogP contribution < -0.4 is 5.32 Å². The SMILES string of the molecule is CC(C)C(NC(=O)N1Cc2ccccc2C1)C(=O)O. The van der Waals surface area contributed by atoms with Crippen molar-refractivity contribution in [2.45, 2.75) is 33.0 Å². The van der Waals surface area contributed by atoms with Crippen molar-refractivity contribution < 1.29 is 14.7 Å². The van der Waals surface area contributed by atoms with E-state index in [0.717, 1.165) is 11.1 Å². The highest BCUT2D eigenvalue weighted by Crippen LogP contribution is 2.22. The maximum absolute atomic E-state index is 12.1. The van der Waals surface area contributed by atoms with Gasteiger partial charge in [-0.3, -0.25) is 0 Å². The maximum atomic E-state index is 12.1. The fourth-order valence-corrected chi connectivity index (χ4v) is 2.21. The number of fused-ring (bicyclic) bond motifs is 1. The first-order valence-electron chi connectivity index (χ1n) is 6.34. The molecule has 1 heterocycles. The van der Waals surface area contributed by atoms with E-state index in [4.69, 9.17) is 5.11 Å². The zero-order valence-electron chi connectivity index (χ0n) is 11.1. The number of carboxylic acids is 1. The fraction of sp³-hybridized carbons (Fsp3) is 0.429. The van der Waals surface area contributed by atoms with Gasteiger partial charge < -0.3 is 15.3 Å². The van der Waals surface area contributed by atoms with Crippen LogP contribution in [0.1, 0.15) is 25.0 Å². The van der Waals surface area contributed by atoms with Crippen LogP contribution >= 0.6 is 0 Å². The molecule has 1 aliphatic rings. The third kappa shape index (κ3) is 2.86. The van der Waals surface area contributed by atoms with Crippen LogP contribution in [0.25, 0.3) is 0 Å². The molecular weight excluding hydrogens is 244 g/mol. The van der Waals surface area contributed by atoms with Gasteiger partial charge in [-0.1, -0.05) is 38.1 Å². The van der Waals surface area contributed by atoms with Crippen LogP contribution in [0.5, 0.6) is 0 Å². The summed E-state index contributed by atoms with van der Waals surface area (Å²) in [6.07, 6.45) is 0. The number of benzene rings is 1. The smallest absolute Gasteiger partial charge is 0.326 e. The molecule has 1 aromatic carbocycles. The monoisotopic (exact) mass is 262 g/mol. The molecule has 5 heteroatoms. The highest BCUT2D eigenvalue weighted by molar-refractivity contribution is 5.83. The number of amides is 2. The molecule has 2 rings (SSSR count). The number of carbonyl (C=O) groups is 2. The van der Waals surface area contributed by atoms with Crippen LogP contribution in [0.4, 0.5) is 4.79 Å². The van der Waals surface area contributed by atoms with Crippen LogP contribution in [-0.4, -0.2) is 28.0 Å². The average molecular weight is 262 g/mol. The molecule has 2 amide bonds. The van der Waals surface area contributed by atoms with Gasteiger partial charge in [0.05, 0.1) is 0 Å². The zero-order valence-corrected chi connectivity index (χ0v) is 11.1. The molecule has 0 radical (unpaired) electrons. The summed E-state index contributed by atoms with van der Waals surface area (Å²) in [5, 5.41) is 11.7. The second kappa shape index (κ2) is 5.30. The van der Waals surface area contributed by atoms with E-state index in [9.17, 15) is 9.59 Å². The van der Waals surface area contributed by atoms with Gasteiger partial charge in [0.25, 0.3) is 0 Å². The summed E-state index contributed by atoms with van der Waals surface area (Å²) in [5.74, 6) is -1.15. The van der Waals surface area contributed by atoms with E-state index >= 15 is 0 Å². The van der Waals surface area contributed by atoms with E-state index < -0.39 is 12.0 Å². The normalized spacial score (nSPS) is 15.2. The number of carbonyl (C=O) groups excluding carboxylic acids is 1. The Morgan fingerprint density at radius 1 is 1.21 bits per heavy atom. The lowest BCUT2D eigenvalue weighted by Gasteiger charge is -2.22. The Bertz CT molecular complexity index is 474. The topological polar surface area (TPSA) is 69.6 Å². The van der Waals surface area contributed by atoms with Crippen LogP contribution in [0.3, 0.4) is 0 Å². The average Bonchev–Trinajstić information content (AvgIpc) is 2.78. The molecule has 2 N–H and O–H groups in total. The van der Waals surface area contributed by atoms with Gasteiger partial charge in [0.2, 0.25) is 0 Å². The number of nitrogens with zero attached hydrogens (tertiary/aromatic N) is 1. The highest BCUT2D eigenvalue weighted by atomic mass is 16.4. The summed E-state index contributed by atoms with van der Waals surface area (Å²) < 4.78 is 0. The van der Waals surface area contributed by atoms with Gasteiger partial charge in [0, 0.05) is 13.1 Å². The quantitative estimate of drug-likeness (QED) is 0.873. The molecule has 19 heavy (non-hydrogen) atoms. The van der Waals surface area contributed by atoms with Crippen molar-refractivity contribution in [1.29, 1.82) is 0 Å². The molecule has 0 saturated heterocycles. The summed E-state index contributed by atoms with van der Waals surface area (Å²) >= 11 is 0. The molecule has 1 unspecified atom stereocenters. The van der Waals surface area contributed by atoms with Crippen LogP contribution in [0.2, 0.25) is 0 Å². The lowest BCUT2D eigenvalue weighted by Crippen LogP contribution is -2.48. The largest absolute Gasteiger partial charge is 0.480 e. The van der Waals surface area contributed by atoms with E-state index in [1.165, 1.54) is 0 Å². The third-order valence-corrected chi connectivity index (χ3v) is 3.34. The second-order valence-corrected chi connectivity index (χ2v) is 5.13. The predicted octanol–water partition coefficient (Wildman–Crippen LogP) is 1.82. The number of hydrogen-bond donors (Lipinski definition) is 2. The van der Waals surface area contributed by atoms with E-state index in [2.05, 4.69) is 5.32 Å². The Hall–Kier alpha value is -2.04. The van der Waals surface area contributed by atoms with Crippen molar-refractivity contribution in [1.82, 2.24) is 10.2 Å². The molecule has 102 valence electrons. The molecule has 0 spiro atoms. The van der Waals surface area contributed by atoms with Gasteiger partial charge in [-0.2, -0.15) is 0 Å². The molecule has 0 aromatic heterocycles.